The fraction of sp³-hybridized carbons (Fsp3) is 0.706. The molecule has 0 aliphatic carbocycles. The van der Waals surface area contributed by atoms with Gasteiger partial charge in [0.1, 0.15) is 6.10 Å². The third-order valence-corrected chi connectivity index (χ3v) is 5.16. The van der Waals surface area contributed by atoms with E-state index in [2.05, 4.69) is 4.98 Å². The molecule has 3 rings (SSSR count). The number of aliphatic hydroxyl groups is 3. The second-order valence-corrected chi connectivity index (χ2v) is 7.19. The first-order valence-electron chi connectivity index (χ1n) is 8.78. The first-order valence-corrected chi connectivity index (χ1v) is 8.78. The van der Waals surface area contributed by atoms with Crippen molar-refractivity contribution in [1.82, 2.24) is 9.88 Å². The Hall–Kier alpha value is -1.42. The van der Waals surface area contributed by atoms with Crippen LogP contribution in [-0.2, 0) is 6.18 Å². The number of pyridine rings is 1. The maximum Gasteiger partial charge on any atom is 0.418 e. The molecule has 0 bridgehead atoms. The van der Waals surface area contributed by atoms with E-state index < -0.39 is 30.1 Å². The predicted octanol–water partition coefficient (Wildman–Crippen LogP) is 0.715. The number of hydrogen-bond acceptors (Lipinski definition) is 6. The number of aromatic nitrogens is 1. The molecule has 0 saturated carbocycles. The van der Waals surface area contributed by atoms with Gasteiger partial charge in [-0.3, -0.25) is 9.88 Å². The monoisotopic (exact) mass is 375 g/mol. The van der Waals surface area contributed by atoms with Crippen LogP contribution in [0.1, 0.15) is 18.4 Å². The first kappa shape index (κ1) is 19.3. The molecule has 1 aromatic heterocycles. The number of hydrogen-bond donors (Lipinski definition) is 3. The van der Waals surface area contributed by atoms with E-state index >= 15 is 0 Å². The van der Waals surface area contributed by atoms with Crippen LogP contribution < -0.4 is 4.90 Å². The van der Waals surface area contributed by atoms with Crippen LogP contribution in [0, 0.1) is 5.92 Å². The van der Waals surface area contributed by atoms with Crippen molar-refractivity contribution < 1.29 is 28.5 Å². The Bertz CT molecular complexity index is 604. The van der Waals surface area contributed by atoms with Gasteiger partial charge in [0, 0.05) is 38.9 Å². The highest BCUT2D eigenvalue weighted by Gasteiger charge is 2.37. The summed E-state index contributed by atoms with van der Waals surface area (Å²) < 4.78 is 39.8. The summed E-state index contributed by atoms with van der Waals surface area (Å²) in [6.07, 6.45) is -3.59. The fourth-order valence-electron chi connectivity index (χ4n) is 3.90. The summed E-state index contributed by atoms with van der Waals surface area (Å²) in [5.41, 5.74) is -0.584. The average Bonchev–Trinajstić information content (AvgIpc) is 2.59. The summed E-state index contributed by atoms with van der Waals surface area (Å²) in [4.78, 5) is 7.44. The van der Waals surface area contributed by atoms with Gasteiger partial charge < -0.3 is 20.2 Å². The molecule has 2 saturated heterocycles. The molecule has 1 aromatic rings. The molecule has 2 fully saturated rings. The van der Waals surface area contributed by atoms with Crippen LogP contribution in [0.4, 0.5) is 18.9 Å². The van der Waals surface area contributed by atoms with Crippen molar-refractivity contribution in [3.63, 3.8) is 0 Å². The molecule has 3 heterocycles. The molecular weight excluding hydrogens is 351 g/mol. The third-order valence-electron chi connectivity index (χ3n) is 5.16. The lowest BCUT2D eigenvalue weighted by atomic mass is 9.94. The summed E-state index contributed by atoms with van der Waals surface area (Å²) >= 11 is 0. The van der Waals surface area contributed by atoms with E-state index in [-0.39, 0.29) is 24.7 Å². The van der Waals surface area contributed by atoms with Crippen molar-refractivity contribution >= 4 is 5.69 Å². The molecule has 9 heteroatoms. The van der Waals surface area contributed by atoms with Crippen molar-refractivity contribution in [2.24, 2.45) is 5.92 Å². The number of piperidine rings is 2. The average molecular weight is 375 g/mol. The van der Waals surface area contributed by atoms with Gasteiger partial charge in [0.2, 0.25) is 0 Å². The lowest BCUT2D eigenvalue weighted by Gasteiger charge is -2.41. The Morgan fingerprint density at radius 1 is 1.12 bits per heavy atom. The summed E-state index contributed by atoms with van der Waals surface area (Å²) in [7, 11) is 0. The van der Waals surface area contributed by atoms with Gasteiger partial charge in [0.05, 0.1) is 29.7 Å². The predicted molar refractivity (Wildman–Crippen MR) is 88.6 cm³/mol. The van der Waals surface area contributed by atoms with E-state index in [1.165, 1.54) is 6.20 Å². The van der Waals surface area contributed by atoms with Crippen LogP contribution in [0.5, 0.6) is 0 Å². The number of nitrogens with zero attached hydrogens (tertiary/aromatic N) is 3. The van der Waals surface area contributed by atoms with Gasteiger partial charge in [-0.1, -0.05) is 0 Å². The highest BCUT2D eigenvalue weighted by Crippen LogP contribution is 2.37. The van der Waals surface area contributed by atoms with Crippen molar-refractivity contribution in [3.8, 4) is 0 Å². The third kappa shape index (κ3) is 4.28. The molecule has 146 valence electrons. The zero-order valence-electron chi connectivity index (χ0n) is 14.3. The Labute approximate surface area is 149 Å². The number of anilines is 1. The molecule has 0 amide bonds. The Kier molecular flexibility index (Phi) is 5.71. The summed E-state index contributed by atoms with van der Waals surface area (Å²) in [6, 6.07) is 0.998. The number of alkyl halides is 3. The van der Waals surface area contributed by atoms with Crippen molar-refractivity contribution in [3.05, 3.63) is 24.0 Å². The normalized spacial score (nSPS) is 31.2. The molecule has 2 aliphatic heterocycles. The molecular formula is C17H24F3N3O3. The number of aliphatic hydroxyl groups excluding tert-OH is 3. The highest BCUT2D eigenvalue weighted by atomic mass is 19.4. The van der Waals surface area contributed by atoms with Gasteiger partial charge in [0.25, 0.3) is 0 Å². The van der Waals surface area contributed by atoms with Crippen LogP contribution in [0.3, 0.4) is 0 Å². The van der Waals surface area contributed by atoms with E-state index in [0.717, 1.165) is 25.1 Å². The summed E-state index contributed by atoms with van der Waals surface area (Å²) in [5.74, 6) is 0.111. The number of β-amino-alcohol motifs (C(OH)–C–C–N with tert-alkyl or cyclic N) is 2. The molecule has 26 heavy (non-hydrogen) atoms. The van der Waals surface area contributed by atoms with Gasteiger partial charge in [-0.05, 0) is 24.8 Å². The molecule has 0 spiro atoms. The summed E-state index contributed by atoms with van der Waals surface area (Å²) in [5, 5.41) is 29.2. The standard InChI is InChI=1S/C17H24F3N3O3/c18-17(19,20)12-3-4-21-6-13(12)23-5-1-2-11(8-23)7-22-9-14(24)16(26)15(25)10-22/h3-4,6,11,14-16,24-26H,1-2,5,7-10H2/t11-,14-,15+,16?/m0/s1. The van der Waals surface area contributed by atoms with Gasteiger partial charge in [-0.2, -0.15) is 13.2 Å². The largest absolute Gasteiger partial charge is 0.418 e. The van der Waals surface area contributed by atoms with Crippen LogP contribution in [0.15, 0.2) is 18.5 Å². The van der Waals surface area contributed by atoms with E-state index in [1.54, 1.807) is 4.90 Å². The van der Waals surface area contributed by atoms with E-state index in [4.69, 9.17) is 0 Å². The maximum atomic E-state index is 13.3. The Morgan fingerprint density at radius 3 is 2.46 bits per heavy atom. The van der Waals surface area contributed by atoms with Gasteiger partial charge in [-0.25, -0.2) is 0 Å². The maximum absolute atomic E-state index is 13.3. The molecule has 0 aromatic carbocycles. The molecule has 0 radical (unpaired) electrons. The Morgan fingerprint density at radius 2 is 1.81 bits per heavy atom. The number of likely N-dealkylation sites (tertiary alicyclic amines) is 1. The molecule has 6 nitrogen and oxygen atoms in total. The minimum atomic E-state index is -4.43. The van der Waals surface area contributed by atoms with Crippen LogP contribution in [0.25, 0.3) is 0 Å². The van der Waals surface area contributed by atoms with Gasteiger partial charge >= 0.3 is 6.18 Å². The van der Waals surface area contributed by atoms with E-state index in [0.29, 0.717) is 19.6 Å². The van der Waals surface area contributed by atoms with Crippen molar-refractivity contribution in [1.29, 1.82) is 0 Å². The number of halogens is 3. The number of rotatable bonds is 3. The Balaban J connectivity index is 1.67. The minimum Gasteiger partial charge on any atom is -0.389 e. The van der Waals surface area contributed by atoms with Gasteiger partial charge in [-0.15, -0.1) is 0 Å². The fourth-order valence-corrected chi connectivity index (χ4v) is 3.90. The molecule has 1 unspecified atom stereocenters. The lowest BCUT2D eigenvalue weighted by molar-refractivity contribution is -0.137. The second kappa shape index (κ2) is 7.67. The topological polar surface area (TPSA) is 80.1 Å². The highest BCUT2D eigenvalue weighted by molar-refractivity contribution is 5.53. The van der Waals surface area contributed by atoms with Crippen molar-refractivity contribution in [2.45, 2.75) is 37.3 Å². The smallest absolute Gasteiger partial charge is 0.389 e. The lowest BCUT2D eigenvalue weighted by Crippen LogP contribution is -2.56. The molecule has 2 aliphatic rings. The van der Waals surface area contributed by atoms with E-state index in [9.17, 15) is 28.5 Å². The second-order valence-electron chi connectivity index (χ2n) is 7.19. The molecule has 3 N–H and O–H groups in total. The minimum absolute atomic E-state index is 0.0961. The zero-order valence-corrected chi connectivity index (χ0v) is 14.3. The van der Waals surface area contributed by atoms with Crippen molar-refractivity contribution in [2.75, 3.05) is 37.6 Å². The first-order chi connectivity index (χ1) is 12.3. The van der Waals surface area contributed by atoms with Crippen LogP contribution >= 0.6 is 0 Å². The van der Waals surface area contributed by atoms with E-state index in [1.807, 2.05) is 4.90 Å². The molecule has 4 atom stereocenters. The SMILES string of the molecule is OC1[C@H](O)CN(C[C@@H]2CCCN(c3cnccc3C(F)(F)F)C2)C[C@@H]1O. The quantitative estimate of drug-likeness (QED) is 0.722. The van der Waals surface area contributed by atoms with Crippen LogP contribution in [-0.4, -0.2) is 76.2 Å². The van der Waals surface area contributed by atoms with Gasteiger partial charge in [0.15, 0.2) is 0 Å². The summed E-state index contributed by atoms with van der Waals surface area (Å²) in [6.45, 7) is 2.04. The van der Waals surface area contributed by atoms with Crippen LogP contribution in [0.2, 0.25) is 0 Å². The zero-order chi connectivity index (χ0) is 18.9.